The van der Waals surface area contributed by atoms with E-state index in [1.807, 2.05) is 44.2 Å². The lowest BCUT2D eigenvalue weighted by atomic mass is 9.86. The number of benzene rings is 7. The number of nitrogens with one attached hydrogen (secondary N) is 9. The van der Waals surface area contributed by atoms with Crippen LogP contribution in [0.1, 0.15) is 290 Å². The second-order valence-electron chi connectivity index (χ2n) is 42.4. The van der Waals surface area contributed by atoms with Crippen molar-refractivity contribution in [3.8, 4) is 11.1 Å². The van der Waals surface area contributed by atoms with Crippen LogP contribution in [-0.4, -0.2) is 171 Å². The van der Waals surface area contributed by atoms with Crippen molar-refractivity contribution in [3.05, 3.63) is 208 Å². The number of carbonyl (C=O) groups is 1. The van der Waals surface area contributed by atoms with Crippen LogP contribution in [0.5, 0.6) is 0 Å². The summed E-state index contributed by atoms with van der Waals surface area (Å²) in [5.41, 5.74) is 35.4. The molecule has 0 bridgehead atoms. The number of anilines is 5. The summed E-state index contributed by atoms with van der Waals surface area (Å²) in [6.07, 6.45) is 25.2. The smallest absolute Gasteiger partial charge is 0.251 e. The Morgan fingerprint density at radius 1 is 0.380 bits per heavy atom. The summed E-state index contributed by atoms with van der Waals surface area (Å²) in [5.74, 6) is 0.0703. The zero-order valence-electron chi connectivity index (χ0n) is 90.4. The van der Waals surface area contributed by atoms with Gasteiger partial charge in [-0.1, -0.05) is 154 Å². The number of hydrogen-bond acceptors (Lipinski definition) is 24. The van der Waals surface area contributed by atoms with Crippen molar-refractivity contribution in [2.24, 2.45) is 58.4 Å². The Labute approximate surface area is 904 Å². The van der Waals surface area contributed by atoms with Crippen LogP contribution in [0, 0.1) is 84.3 Å². The Morgan fingerprint density at radius 3 is 1.09 bits per heavy atom. The molecular formula is C111H169F6N13O13S7-4. The first-order valence-corrected chi connectivity index (χ1v) is 61.5. The largest absolute Gasteiger partial charge is 0.772 e. The molecule has 7 aliphatic rings. The van der Waals surface area contributed by atoms with Gasteiger partial charge in [0.1, 0.15) is 40.6 Å². The molecule has 0 aliphatic heterocycles. The molecule has 844 valence electrons. The molecule has 1 heterocycles. The van der Waals surface area contributed by atoms with Crippen LogP contribution in [0.25, 0.3) is 21.2 Å². The molecule has 39 heteroatoms. The molecule has 7 aliphatic carbocycles. The third-order valence-corrected chi connectivity index (χ3v) is 35.3. The molecule has 0 spiro atoms. The minimum absolute atomic E-state index is 0.0117. The van der Waals surface area contributed by atoms with Crippen molar-refractivity contribution in [2.45, 2.75) is 345 Å². The van der Waals surface area contributed by atoms with Gasteiger partial charge in [0.05, 0.1) is 22.2 Å². The number of carbonyl (C=O) groups excluding carboxylic acids is 1. The van der Waals surface area contributed by atoms with Crippen LogP contribution in [0.2, 0.25) is 0 Å². The van der Waals surface area contributed by atoms with E-state index in [1.165, 1.54) is 137 Å². The molecule has 17 N–H and O–H groups in total. The lowest BCUT2D eigenvalue weighted by molar-refractivity contribution is 0.0942. The predicted octanol–water partition coefficient (Wildman–Crippen LogP) is 21.6. The number of rotatable bonds is 30. The van der Waals surface area contributed by atoms with E-state index in [0.29, 0.717) is 83.9 Å². The number of hydrogen-bond donors (Lipinski definition) is 13. The van der Waals surface area contributed by atoms with E-state index in [9.17, 15) is 83.0 Å². The molecule has 7 aromatic carbocycles. The Morgan fingerprint density at radius 2 is 0.727 bits per heavy atom. The van der Waals surface area contributed by atoms with Crippen LogP contribution in [0.15, 0.2) is 145 Å². The van der Waals surface area contributed by atoms with Gasteiger partial charge in [0.25, 0.3) is 5.91 Å². The van der Waals surface area contributed by atoms with Crippen LogP contribution in [0.3, 0.4) is 0 Å². The van der Waals surface area contributed by atoms with Gasteiger partial charge in [0.2, 0.25) is 20.0 Å². The highest BCUT2D eigenvalue weighted by molar-refractivity contribution is 7.90. The summed E-state index contributed by atoms with van der Waals surface area (Å²) in [4.78, 5) is 12.3. The number of halogens is 6. The van der Waals surface area contributed by atoms with Gasteiger partial charge < -0.3 is 78.4 Å². The van der Waals surface area contributed by atoms with Gasteiger partial charge in [-0.2, -0.15) is 0 Å². The van der Waals surface area contributed by atoms with E-state index in [2.05, 4.69) is 132 Å². The fourth-order valence-electron chi connectivity index (χ4n) is 17.9. The van der Waals surface area contributed by atoms with E-state index in [4.69, 9.17) is 22.9 Å². The quantitative estimate of drug-likeness (QED) is 0.0147. The van der Waals surface area contributed by atoms with Gasteiger partial charge in [-0.3, -0.25) is 21.6 Å². The van der Waals surface area contributed by atoms with Gasteiger partial charge in [-0.25, -0.2) is 52.6 Å². The number of amides is 1. The number of para-hydroxylation sites is 1. The maximum atomic E-state index is 13.5. The third kappa shape index (κ3) is 49.4. The number of nitrogens with two attached hydrogens (primary N) is 4. The molecular weight excluding hydrogens is 2060 g/mol. The standard InChI is InChI=1S/C21H35N3O3S.C20H24N2.C16H24F2N2O2S.C16H22N2S.2C13H18F2N2.4C3H8O2S/c1-14(2)23-21(25)18-10-16(5)11-20(12-18)22-13-17-6-8-19(9-7-17)24-28(26,27)15(3)4;21-15-11-9-14(10-12-15)13-22-20-18-7-3-1-5-16(18)17-6-2-4-8-19(17)20;1-11(2)23(21,22)20-14-6-3-12(4-7-14)10-19-16-8-5-13(17)9-15(16)18;1-11-8-15(9-13-6-7-19-16(11)13)18-10-12-2-4-14(17)5-3-12;14-10-5-11(15)7-13(6-10)17-8-9-1-3-12(16)4-2-9;14-11-2-1-3-12(15)13(11)17-8-9-4-6-10(16)7-5-9;4*1-3(2)6(4)5/h10-12,14-15,17,19,22,24H,6-9,13H2,1-5H3,(H,23,25);1-8,14-15,20,22H,9-13,21H2;5,8-9,11-12,14,19-20H,3-4,6-7,10H2,1-2H3;6-9,12,14,18H,2-5,10,17H2,1H3;5-7,9,12,17H,1-4,8,16H2;1-3,9-10,17H,4-8,16H2;4*3H,1-2H3,(H,4,5)/p-4. The van der Waals surface area contributed by atoms with Gasteiger partial charge in [-0.05, 0) is 368 Å². The maximum Gasteiger partial charge on any atom is 0.251 e. The molecule has 1 aromatic heterocycles. The first kappa shape index (κ1) is 131. The van der Waals surface area contributed by atoms with Crippen LogP contribution in [0.4, 0.5) is 54.8 Å². The molecule has 6 fully saturated rings. The SMILES string of the molecule is CC(C)S(=O)(=O)NC1CCC(CNc2ccc(F)cc2F)CC1.CC(C)S(=O)[O-].CC(C)S(=O)[O-].CC(C)S(=O)[O-].CC(C)S(=O)[O-].Cc1cc(NCC2CCC(N)CC2)cc2ccsc12.Cc1cc(NCC2CCC(NS(=O)(=O)C(C)C)CC2)cc(C(=O)NC(C)C)c1.NC1CCC(CNC2c3ccccc3-c3ccccc32)CC1.NC1CCC(CNc2c(F)cccc2F)CC1.NC1CCC(CNc2cc(F)cc(F)c2)CC1. The number of fused-ring (bicyclic) bond motifs is 4. The fraction of sp³-hybridized carbons (Fsp3) is 0.595. The summed E-state index contributed by atoms with van der Waals surface area (Å²) in [6, 6.07) is 43.1. The number of aryl methyl sites for hydroxylation is 2. The average Bonchev–Trinajstić information content (AvgIpc) is 1.61. The zero-order chi connectivity index (χ0) is 111. The van der Waals surface area contributed by atoms with Crippen molar-refractivity contribution in [3.63, 3.8) is 0 Å². The lowest BCUT2D eigenvalue weighted by Crippen LogP contribution is -2.41. The minimum atomic E-state index is -3.23. The first-order valence-electron chi connectivity index (χ1n) is 53.0. The molecule has 1 amide bonds. The summed E-state index contributed by atoms with van der Waals surface area (Å²) >= 11 is -5.64. The molecule has 26 nitrogen and oxygen atoms in total. The lowest BCUT2D eigenvalue weighted by Gasteiger charge is -2.29. The van der Waals surface area contributed by atoms with Gasteiger partial charge in [-0.15, -0.1) is 11.3 Å². The van der Waals surface area contributed by atoms with E-state index in [-0.39, 0.29) is 50.7 Å². The first-order chi connectivity index (χ1) is 70.8. The highest BCUT2D eigenvalue weighted by Gasteiger charge is 2.33. The maximum absolute atomic E-state index is 13.5. The van der Waals surface area contributed by atoms with E-state index >= 15 is 0 Å². The van der Waals surface area contributed by atoms with Crippen molar-refractivity contribution >= 4 is 120 Å². The Bertz CT molecular complexity index is 5500. The van der Waals surface area contributed by atoms with Gasteiger partial charge in [0, 0.05) is 135 Å². The topological polar surface area (TPSA) is 458 Å². The van der Waals surface area contributed by atoms with Crippen molar-refractivity contribution in [2.75, 3.05) is 65.9 Å². The summed E-state index contributed by atoms with van der Waals surface area (Å²) in [7, 11) is -6.43. The van der Waals surface area contributed by atoms with Crippen LogP contribution in [-0.2, 0) is 64.4 Å². The van der Waals surface area contributed by atoms with Crippen molar-refractivity contribution in [1.82, 2.24) is 20.1 Å². The highest BCUT2D eigenvalue weighted by atomic mass is 32.2. The fourth-order valence-corrected chi connectivity index (χ4v) is 20.7. The summed E-state index contributed by atoms with van der Waals surface area (Å²) in [6.45, 7) is 32.8. The molecule has 6 saturated carbocycles. The second-order valence-corrected chi connectivity index (χ2v) is 53.7. The Hall–Kier alpha value is -7.39. The van der Waals surface area contributed by atoms with E-state index in [0.717, 1.165) is 164 Å². The van der Waals surface area contributed by atoms with Crippen LogP contribution >= 0.6 is 11.3 Å². The molecule has 4 unspecified atom stereocenters. The van der Waals surface area contributed by atoms with Crippen LogP contribution < -0.4 is 69.6 Å². The highest BCUT2D eigenvalue weighted by Crippen LogP contribution is 2.44. The van der Waals surface area contributed by atoms with Gasteiger partial charge >= 0.3 is 0 Å². The molecule has 0 saturated heterocycles. The monoisotopic (exact) mass is 2230 g/mol. The third-order valence-electron chi connectivity index (χ3n) is 27.3. The minimum Gasteiger partial charge on any atom is -0.772 e. The molecule has 4 atom stereocenters. The summed E-state index contributed by atoms with van der Waals surface area (Å²) in [5, 5.41) is 24.6. The molecule has 15 rings (SSSR count). The molecule has 150 heavy (non-hydrogen) atoms. The Balaban J connectivity index is 0.000000264. The van der Waals surface area contributed by atoms with E-state index < -0.39 is 110 Å². The average molecular weight is 2230 g/mol. The summed E-state index contributed by atoms with van der Waals surface area (Å²) < 4.78 is 211. The Kier molecular flexibility index (Phi) is 59.1. The van der Waals surface area contributed by atoms with Crippen molar-refractivity contribution in [1.29, 1.82) is 0 Å². The number of sulfonamides is 2. The van der Waals surface area contributed by atoms with Crippen molar-refractivity contribution < 1.29 is 83.0 Å². The van der Waals surface area contributed by atoms with E-state index in [1.54, 1.807) is 83.1 Å². The second kappa shape index (κ2) is 67.5. The predicted molar refractivity (Wildman–Crippen MR) is 605 cm³/mol. The molecule has 0 radical (unpaired) electrons. The van der Waals surface area contributed by atoms with Gasteiger partial charge in [0.15, 0.2) is 0 Å². The number of thiophene rings is 1. The normalized spacial score (nSPS) is 21.8. The molecule has 8 aromatic rings. The zero-order valence-corrected chi connectivity index (χ0v) is 96.1.